The molecule has 0 aromatic carbocycles. The summed E-state index contributed by atoms with van der Waals surface area (Å²) < 4.78 is 11.7. The van der Waals surface area contributed by atoms with E-state index in [-0.39, 0.29) is 18.2 Å². The van der Waals surface area contributed by atoms with E-state index in [0.29, 0.717) is 0 Å². The molecule has 2 rings (SSSR count). The maximum atomic E-state index is 5.99. The van der Waals surface area contributed by atoms with E-state index in [0.717, 1.165) is 32.0 Å². The molecule has 100 valence electrons. The SMILES string of the molecule is CCCOC1C(N)CC1OCC1CCCCC1. The van der Waals surface area contributed by atoms with Crippen LogP contribution in [-0.2, 0) is 9.47 Å². The Morgan fingerprint density at radius 3 is 2.53 bits per heavy atom. The van der Waals surface area contributed by atoms with Crippen LogP contribution in [0, 0.1) is 5.92 Å². The third-order valence-corrected chi connectivity index (χ3v) is 4.08. The van der Waals surface area contributed by atoms with Gasteiger partial charge in [-0.2, -0.15) is 0 Å². The van der Waals surface area contributed by atoms with Crippen LogP contribution >= 0.6 is 0 Å². The van der Waals surface area contributed by atoms with Crippen molar-refractivity contribution in [3.8, 4) is 0 Å². The van der Waals surface area contributed by atoms with E-state index in [4.69, 9.17) is 15.2 Å². The fourth-order valence-electron chi connectivity index (χ4n) is 2.88. The topological polar surface area (TPSA) is 44.5 Å². The molecule has 0 aromatic heterocycles. The van der Waals surface area contributed by atoms with Gasteiger partial charge in [0, 0.05) is 19.3 Å². The molecule has 3 atom stereocenters. The molecular weight excluding hydrogens is 214 g/mol. The highest BCUT2D eigenvalue weighted by Gasteiger charge is 2.40. The lowest BCUT2D eigenvalue weighted by atomic mass is 9.85. The first-order chi connectivity index (χ1) is 8.31. The molecule has 17 heavy (non-hydrogen) atoms. The van der Waals surface area contributed by atoms with Gasteiger partial charge in [-0.1, -0.05) is 26.2 Å². The van der Waals surface area contributed by atoms with Crippen molar-refractivity contribution in [3.63, 3.8) is 0 Å². The van der Waals surface area contributed by atoms with Gasteiger partial charge in [0.1, 0.15) is 0 Å². The molecule has 0 radical (unpaired) electrons. The molecular formula is C14H27NO2. The van der Waals surface area contributed by atoms with E-state index in [1.54, 1.807) is 0 Å². The van der Waals surface area contributed by atoms with Gasteiger partial charge in [-0.05, 0) is 31.6 Å². The van der Waals surface area contributed by atoms with Crippen molar-refractivity contribution in [2.45, 2.75) is 70.1 Å². The summed E-state index contributed by atoms with van der Waals surface area (Å²) in [5.74, 6) is 0.785. The van der Waals surface area contributed by atoms with Gasteiger partial charge in [0.05, 0.1) is 12.2 Å². The fourth-order valence-corrected chi connectivity index (χ4v) is 2.88. The van der Waals surface area contributed by atoms with Crippen LogP contribution in [0.2, 0.25) is 0 Å². The Morgan fingerprint density at radius 1 is 1.12 bits per heavy atom. The van der Waals surface area contributed by atoms with Crippen LogP contribution in [-0.4, -0.2) is 31.5 Å². The second kappa shape index (κ2) is 6.72. The van der Waals surface area contributed by atoms with Crippen molar-refractivity contribution in [2.24, 2.45) is 11.7 Å². The molecule has 2 N–H and O–H groups in total. The Balaban J connectivity index is 1.64. The molecule has 0 bridgehead atoms. The Labute approximate surface area is 105 Å². The van der Waals surface area contributed by atoms with Crippen LogP contribution in [0.4, 0.5) is 0 Å². The molecule has 0 amide bonds. The van der Waals surface area contributed by atoms with E-state index >= 15 is 0 Å². The molecule has 0 aromatic rings. The molecule has 2 fully saturated rings. The van der Waals surface area contributed by atoms with Gasteiger partial charge < -0.3 is 15.2 Å². The lowest BCUT2D eigenvalue weighted by Gasteiger charge is -2.42. The van der Waals surface area contributed by atoms with Crippen molar-refractivity contribution in [1.82, 2.24) is 0 Å². The van der Waals surface area contributed by atoms with Crippen molar-refractivity contribution >= 4 is 0 Å². The molecule has 3 heteroatoms. The van der Waals surface area contributed by atoms with Crippen LogP contribution in [0.15, 0.2) is 0 Å². The molecule has 3 nitrogen and oxygen atoms in total. The monoisotopic (exact) mass is 241 g/mol. The van der Waals surface area contributed by atoms with Gasteiger partial charge in [0.25, 0.3) is 0 Å². The smallest absolute Gasteiger partial charge is 0.0988 e. The average molecular weight is 241 g/mol. The van der Waals surface area contributed by atoms with Crippen LogP contribution in [0.3, 0.4) is 0 Å². The molecule has 0 spiro atoms. The highest BCUT2D eigenvalue weighted by Crippen LogP contribution is 2.29. The van der Waals surface area contributed by atoms with E-state index in [9.17, 15) is 0 Å². The van der Waals surface area contributed by atoms with E-state index in [1.165, 1.54) is 32.1 Å². The average Bonchev–Trinajstić information content (AvgIpc) is 2.36. The maximum Gasteiger partial charge on any atom is 0.0988 e. The Hall–Kier alpha value is -0.120. The minimum atomic E-state index is 0.151. The zero-order valence-corrected chi connectivity index (χ0v) is 11.1. The van der Waals surface area contributed by atoms with Gasteiger partial charge in [0.15, 0.2) is 0 Å². The van der Waals surface area contributed by atoms with Crippen LogP contribution in [0.25, 0.3) is 0 Å². The van der Waals surface area contributed by atoms with Gasteiger partial charge >= 0.3 is 0 Å². The standard InChI is InChI=1S/C14H27NO2/c1-2-8-16-14-12(15)9-13(14)17-10-11-6-4-3-5-7-11/h11-14H,2-10,15H2,1H3. The predicted octanol–water partition coefficient (Wildman–Crippen LogP) is 2.48. The molecule has 0 heterocycles. The number of nitrogens with two attached hydrogens (primary N) is 1. The first-order valence-corrected chi connectivity index (χ1v) is 7.30. The molecule has 0 aliphatic heterocycles. The Morgan fingerprint density at radius 2 is 1.88 bits per heavy atom. The van der Waals surface area contributed by atoms with Crippen LogP contribution in [0.5, 0.6) is 0 Å². The Bertz CT molecular complexity index is 216. The summed E-state index contributed by atoms with van der Waals surface area (Å²) in [5, 5.41) is 0. The zero-order valence-electron chi connectivity index (χ0n) is 11.1. The Kier molecular flexibility index (Phi) is 5.26. The molecule has 0 saturated heterocycles. The molecule has 2 aliphatic carbocycles. The van der Waals surface area contributed by atoms with Gasteiger partial charge in [0.2, 0.25) is 0 Å². The molecule has 3 unspecified atom stereocenters. The first kappa shape index (κ1) is 13.3. The summed E-state index contributed by atoms with van der Waals surface area (Å²) >= 11 is 0. The summed E-state index contributed by atoms with van der Waals surface area (Å²) in [6, 6.07) is 0.193. The second-order valence-electron chi connectivity index (χ2n) is 5.61. The third-order valence-electron chi connectivity index (χ3n) is 4.08. The van der Waals surface area contributed by atoms with E-state index in [2.05, 4.69) is 6.92 Å². The van der Waals surface area contributed by atoms with Crippen molar-refractivity contribution in [3.05, 3.63) is 0 Å². The third kappa shape index (κ3) is 3.67. The zero-order chi connectivity index (χ0) is 12.1. The molecule has 2 saturated carbocycles. The fraction of sp³-hybridized carbons (Fsp3) is 1.00. The summed E-state index contributed by atoms with van der Waals surface area (Å²) in [5.41, 5.74) is 5.96. The van der Waals surface area contributed by atoms with E-state index < -0.39 is 0 Å². The highest BCUT2D eigenvalue weighted by molar-refractivity contribution is 4.95. The normalized spacial score (nSPS) is 34.6. The summed E-state index contributed by atoms with van der Waals surface area (Å²) in [6.07, 6.45) is 9.31. The van der Waals surface area contributed by atoms with Gasteiger partial charge in [-0.25, -0.2) is 0 Å². The highest BCUT2D eigenvalue weighted by atomic mass is 16.5. The second-order valence-corrected chi connectivity index (χ2v) is 5.61. The van der Waals surface area contributed by atoms with E-state index in [1.807, 2.05) is 0 Å². The van der Waals surface area contributed by atoms with Gasteiger partial charge in [-0.3, -0.25) is 0 Å². The minimum Gasteiger partial charge on any atom is -0.375 e. The lowest BCUT2D eigenvalue weighted by Crippen LogP contribution is -2.58. The quantitative estimate of drug-likeness (QED) is 0.777. The van der Waals surface area contributed by atoms with Gasteiger partial charge in [-0.15, -0.1) is 0 Å². The number of rotatable bonds is 6. The van der Waals surface area contributed by atoms with Crippen LogP contribution < -0.4 is 5.73 Å². The maximum absolute atomic E-state index is 5.99. The predicted molar refractivity (Wildman–Crippen MR) is 68.9 cm³/mol. The molecule has 2 aliphatic rings. The number of hydrogen-bond donors (Lipinski definition) is 1. The number of ether oxygens (including phenoxy) is 2. The van der Waals surface area contributed by atoms with Crippen molar-refractivity contribution < 1.29 is 9.47 Å². The summed E-state index contributed by atoms with van der Waals surface area (Å²) in [6.45, 7) is 3.85. The van der Waals surface area contributed by atoms with Crippen molar-refractivity contribution in [2.75, 3.05) is 13.2 Å². The number of hydrogen-bond acceptors (Lipinski definition) is 3. The first-order valence-electron chi connectivity index (χ1n) is 7.30. The van der Waals surface area contributed by atoms with Crippen molar-refractivity contribution in [1.29, 1.82) is 0 Å². The minimum absolute atomic E-state index is 0.151. The summed E-state index contributed by atoms with van der Waals surface area (Å²) in [7, 11) is 0. The largest absolute Gasteiger partial charge is 0.375 e. The summed E-state index contributed by atoms with van der Waals surface area (Å²) in [4.78, 5) is 0. The van der Waals surface area contributed by atoms with Crippen LogP contribution in [0.1, 0.15) is 51.9 Å². The lowest BCUT2D eigenvalue weighted by molar-refractivity contribution is -0.146.